The summed E-state index contributed by atoms with van der Waals surface area (Å²) in [6.45, 7) is 2.93. The van der Waals surface area contributed by atoms with Crippen LogP contribution in [-0.2, 0) is 27.9 Å². The molecule has 0 aliphatic carbocycles. The van der Waals surface area contributed by atoms with Gasteiger partial charge in [-0.1, -0.05) is 56.7 Å². The Morgan fingerprint density at radius 1 is 0.914 bits per heavy atom. The Labute approximate surface area is 210 Å². The lowest BCUT2D eigenvalue weighted by molar-refractivity contribution is -0.147. The van der Waals surface area contributed by atoms with E-state index in [9.17, 15) is 24.2 Å². The molecule has 2 unspecified atom stereocenters. The monoisotopic (exact) mass is 517 g/mol. The number of aliphatic hydroxyl groups excluding tert-OH is 1. The second-order valence-electron chi connectivity index (χ2n) is 7.93. The van der Waals surface area contributed by atoms with E-state index in [1.54, 1.807) is 0 Å². The maximum atomic E-state index is 11.8. The molecule has 9 nitrogen and oxygen atoms in total. The fraction of sp³-hybridized carbons (Fsp3) is 0.680. The number of rotatable bonds is 22. The van der Waals surface area contributed by atoms with Gasteiger partial charge < -0.3 is 20.1 Å². The SMILES string of the molecule is CC/C=C\C/C=C\C/C=C\CCCCCC(=O)NCCOP(=O)(O)OCC(O)COC(=O)CCC. The summed E-state index contributed by atoms with van der Waals surface area (Å²) in [4.78, 5) is 32.6. The van der Waals surface area contributed by atoms with Crippen molar-refractivity contribution < 1.29 is 37.9 Å². The van der Waals surface area contributed by atoms with Crippen molar-refractivity contribution in [3.05, 3.63) is 36.5 Å². The molecule has 0 aromatic carbocycles. The number of carbonyl (C=O) groups is 2. The van der Waals surface area contributed by atoms with Gasteiger partial charge in [-0.3, -0.25) is 18.6 Å². The summed E-state index contributed by atoms with van der Waals surface area (Å²) in [6, 6.07) is 0. The van der Waals surface area contributed by atoms with Crippen LogP contribution in [0.25, 0.3) is 0 Å². The first-order valence-corrected chi connectivity index (χ1v) is 14.0. The molecule has 202 valence electrons. The molecular formula is C25H44NO8P. The Kier molecular flexibility index (Phi) is 21.5. The van der Waals surface area contributed by atoms with Crippen molar-refractivity contribution in [1.29, 1.82) is 0 Å². The second-order valence-corrected chi connectivity index (χ2v) is 9.38. The molecule has 0 aromatic heterocycles. The van der Waals surface area contributed by atoms with Crippen molar-refractivity contribution in [1.82, 2.24) is 5.32 Å². The summed E-state index contributed by atoms with van der Waals surface area (Å²) in [6.07, 6.45) is 19.6. The summed E-state index contributed by atoms with van der Waals surface area (Å²) in [5.74, 6) is -0.610. The first-order chi connectivity index (χ1) is 16.8. The summed E-state index contributed by atoms with van der Waals surface area (Å²) in [7, 11) is -4.38. The molecule has 35 heavy (non-hydrogen) atoms. The summed E-state index contributed by atoms with van der Waals surface area (Å²) >= 11 is 0. The minimum absolute atomic E-state index is 0.0639. The third-order valence-electron chi connectivity index (χ3n) is 4.55. The van der Waals surface area contributed by atoms with Gasteiger partial charge in [0.05, 0.1) is 13.2 Å². The van der Waals surface area contributed by atoms with Crippen LogP contribution >= 0.6 is 7.82 Å². The van der Waals surface area contributed by atoms with Gasteiger partial charge >= 0.3 is 13.8 Å². The van der Waals surface area contributed by atoms with Gasteiger partial charge in [-0.25, -0.2) is 4.57 Å². The van der Waals surface area contributed by atoms with E-state index < -0.39 is 26.5 Å². The van der Waals surface area contributed by atoms with E-state index in [4.69, 9.17) is 9.26 Å². The molecule has 0 fully saturated rings. The van der Waals surface area contributed by atoms with Gasteiger partial charge in [-0.2, -0.15) is 0 Å². The molecule has 0 radical (unpaired) electrons. The van der Waals surface area contributed by atoms with Crippen molar-refractivity contribution in [2.45, 2.75) is 84.2 Å². The number of hydrogen-bond acceptors (Lipinski definition) is 7. The number of carbonyl (C=O) groups excluding carboxylic acids is 2. The highest BCUT2D eigenvalue weighted by Crippen LogP contribution is 2.42. The predicted molar refractivity (Wildman–Crippen MR) is 137 cm³/mol. The van der Waals surface area contributed by atoms with Crippen LogP contribution in [0.4, 0.5) is 0 Å². The molecule has 0 bridgehead atoms. The summed E-state index contributed by atoms with van der Waals surface area (Å²) < 4.78 is 26.0. The zero-order valence-corrected chi connectivity index (χ0v) is 22.1. The fourth-order valence-corrected chi connectivity index (χ4v) is 3.48. The highest BCUT2D eigenvalue weighted by atomic mass is 31.2. The molecule has 0 aromatic rings. The molecule has 3 N–H and O–H groups in total. The molecule has 0 heterocycles. The first kappa shape index (κ1) is 33.2. The Morgan fingerprint density at radius 2 is 1.60 bits per heavy atom. The number of aliphatic hydroxyl groups is 1. The Morgan fingerprint density at radius 3 is 2.29 bits per heavy atom. The molecule has 1 amide bonds. The van der Waals surface area contributed by atoms with Crippen molar-refractivity contribution >= 4 is 19.7 Å². The number of esters is 1. The smallest absolute Gasteiger partial charge is 0.463 e. The van der Waals surface area contributed by atoms with Gasteiger partial charge in [-0.05, 0) is 44.9 Å². The molecule has 0 spiro atoms. The van der Waals surface area contributed by atoms with E-state index in [0.29, 0.717) is 12.8 Å². The van der Waals surface area contributed by atoms with Crippen LogP contribution in [-0.4, -0.2) is 54.3 Å². The van der Waals surface area contributed by atoms with Crippen LogP contribution in [0.3, 0.4) is 0 Å². The lowest BCUT2D eigenvalue weighted by Gasteiger charge is -2.15. The Balaban J connectivity index is 3.70. The van der Waals surface area contributed by atoms with E-state index in [1.807, 2.05) is 6.92 Å². The second kappa shape index (κ2) is 22.7. The third kappa shape index (κ3) is 23.7. The minimum atomic E-state index is -4.38. The van der Waals surface area contributed by atoms with Crippen molar-refractivity contribution in [3.63, 3.8) is 0 Å². The normalized spacial score (nSPS) is 14.5. The highest BCUT2D eigenvalue weighted by molar-refractivity contribution is 7.47. The number of amides is 1. The van der Waals surface area contributed by atoms with Crippen LogP contribution in [0.2, 0.25) is 0 Å². The molecule has 2 atom stereocenters. The van der Waals surface area contributed by atoms with Gasteiger partial charge in [0.2, 0.25) is 5.91 Å². The highest BCUT2D eigenvalue weighted by Gasteiger charge is 2.23. The van der Waals surface area contributed by atoms with E-state index in [2.05, 4.69) is 53.2 Å². The molecule has 0 saturated heterocycles. The van der Waals surface area contributed by atoms with E-state index in [-0.39, 0.29) is 32.1 Å². The average molecular weight is 518 g/mol. The number of nitrogens with one attached hydrogen (secondary N) is 1. The van der Waals surface area contributed by atoms with E-state index in [1.165, 1.54) is 0 Å². The van der Waals surface area contributed by atoms with Crippen LogP contribution < -0.4 is 5.32 Å². The zero-order chi connectivity index (χ0) is 26.2. The number of phosphoric ester groups is 1. The Bertz CT molecular complexity index is 693. The van der Waals surface area contributed by atoms with Gasteiger partial charge in [0, 0.05) is 19.4 Å². The molecule has 0 aliphatic heterocycles. The number of hydrogen-bond donors (Lipinski definition) is 3. The molecule has 0 saturated carbocycles. The van der Waals surface area contributed by atoms with Crippen LogP contribution in [0.1, 0.15) is 78.1 Å². The summed E-state index contributed by atoms with van der Waals surface area (Å²) in [5, 5.41) is 12.3. The largest absolute Gasteiger partial charge is 0.472 e. The quantitative estimate of drug-likeness (QED) is 0.0811. The van der Waals surface area contributed by atoms with Gasteiger partial charge in [-0.15, -0.1) is 0 Å². The summed E-state index contributed by atoms with van der Waals surface area (Å²) in [5.41, 5.74) is 0. The maximum absolute atomic E-state index is 11.8. The van der Waals surface area contributed by atoms with Crippen LogP contribution in [0, 0.1) is 0 Å². The van der Waals surface area contributed by atoms with Gasteiger partial charge in [0.1, 0.15) is 12.7 Å². The molecular weight excluding hydrogens is 473 g/mol. The van der Waals surface area contributed by atoms with E-state index >= 15 is 0 Å². The fourth-order valence-electron chi connectivity index (χ4n) is 2.72. The third-order valence-corrected chi connectivity index (χ3v) is 5.54. The van der Waals surface area contributed by atoms with Gasteiger partial charge in [0.25, 0.3) is 0 Å². The average Bonchev–Trinajstić information content (AvgIpc) is 2.82. The lowest BCUT2D eigenvalue weighted by atomic mass is 10.1. The number of phosphoric acid groups is 1. The van der Waals surface area contributed by atoms with Crippen molar-refractivity contribution in [2.75, 3.05) is 26.4 Å². The van der Waals surface area contributed by atoms with Crippen LogP contribution in [0.15, 0.2) is 36.5 Å². The number of allylic oxidation sites excluding steroid dienone is 6. The number of unbranched alkanes of at least 4 members (excludes halogenated alkanes) is 3. The minimum Gasteiger partial charge on any atom is -0.463 e. The topological polar surface area (TPSA) is 131 Å². The maximum Gasteiger partial charge on any atom is 0.472 e. The van der Waals surface area contributed by atoms with Crippen molar-refractivity contribution in [3.8, 4) is 0 Å². The standard InChI is InChI=1S/C25H44NO8P/c1-3-5-6-7-8-9-10-11-12-13-14-15-16-18-24(28)26-19-20-33-35(30,31)34-22-23(27)21-32-25(29)17-4-2/h5-6,8-9,11-12,23,27H,3-4,7,10,13-22H2,1-2H3,(H,26,28)(H,30,31)/b6-5-,9-8-,12-11-. The number of ether oxygens (including phenoxy) is 1. The predicted octanol–water partition coefficient (Wildman–Crippen LogP) is 4.75. The van der Waals surface area contributed by atoms with Gasteiger partial charge in [0.15, 0.2) is 0 Å². The first-order valence-electron chi connectivity index (χ1n) is 12.5. The van der Waals surface area contributed by atoms with Crippen molar-refractivity contribution in [2.24, 2.45) is 0 Å². The molecule has 0 rings (SSSR count). The molecule has 0 aliphatic rings. The lowest BCUT2D eigenvalue weighted by Crippen LogP contribution is -2.27. The van der Waals surface area contributed by atoms with E-state index in [0.717, 1.165) is 44.9 Å². The van der Waals surface area contributed by atoms with Crippen LogP contribution in [0.5, 0.6) is 0 Å². The Hall–Kier alpha value is -1.77. The molecule has 10 heteroatoms. The zero-order valence-electron chi connectivity index (χ0n) is 21.2.